The zero-order valence-corrected chi connectivity index (χ0v) is 18.4. The van der Waals surface area contributed by atoms with Gasteiger partial charge in [0.25, 0.3) is 0 Å². The summed E-state index contributed by atoms with van der Waals surface area (Å²) in [6.45, 7) is 8.96. The van der Waals surface area contributed by atoms with Crippen molar-refractivity contribution >= 4 is 34.3 Å². The topological polar surface area (TPSA) is 107 Å². The van der Waals surface area contributed by atoms with E-state index in [1.54, 1.807) is 11.8 Å². The molecule has 160 valence electrons. The lowest BCUT2D eigenvalue weighted by Crippen LogP contribution is -2.51. The van der Waals surface area contributed by atoms with Crippen molar-refractivity contribution in [2.45, 2.75) is 53.0 Å². The van der Waals surface area contributed by atoms with Gasteiger partial charge in [0.15, 0.2) is 0 Å². The first-order valence-electron chi connectivity index (χ1n) is 9.15. The van der Waals surface area contributed by atoms with E-state index in [1.807, 2.05) is 0 Å². The predicted octanol–water partition coefficient (Wildman–Crippen LogP) is 1.16. The molecular formula is C17H34ClN3O5S. The molecule has 1 fully saturated rings. The lowest BCUT2D eigenvalue weighted by atomic mass is 9.92. The second-order valence-corrected chi connectivity index (χ2v) is 10.2. The summed E-state index contributed by atoms with van der Waals surface area (Å²) in [5, 5.41) is 12.0. The number of nitrogens with one attached hydrogen (secondary N) is 1. The van der Waals surface area contributed by atoms with Crippen LogP contribution in [0.15, 0.2) is 0 Å². The molecule has 1 amide bonds. The predicted molar refractivity (Wildman–Crippen MR) is 108 cm³/mol. The first-order chi connectivity index (χ1) is 11.9. The summed E-state index contributed by atoms with van der Waals surface area (Å²) in [6.07, 6.45) is 1.90. The number of aliphatic carboxylic acids is 1. The van der Waals surface area contributed by atoms with E-state index in [0.717, 1.165) is 6.42 Å². The molecule has 0 spiro atoms. The molecule has 0 aromatic carbocycles. The van der Waals surface area contributed by atoms with Gasteiger partial charge in [-0.05, 0) is 31.6 Å². The van der Waals surface area contributed by atoms with E-state index in [1.165, 1.54) is 4.31 Å². The van der Waals surface area contributed by atoms with E-state index >= 15 is 0 Å². The highest BCUT2D eigenvalue weighted by Crippen LogP contribution is 2.19. The second-order valence-electron chi connectivity index (χ2n) is 7.99. The molecule has 10 heteroatoms. The Hall–Kier alpha value is -0.900. The number of amides is 1. The van der Waals surface area contributed by atoms with Gasteiger partial charge in [0.2, 0.25) is 15.9 Å². The minimum atomic E-state index is -3.22. The van der Waals surface area contributed by atoms with Gasteiger partial charge >= 0.3 is 5.97 Å². The van der Waals surface area contributed by atoms with Gasteiger partial charge in [-0.25, -0.2) is 12.7 Å². The standard InChI is InChI=1S/C17H33N3O5S.ClH/c1-5-26(24,25)20-10-6-14(7-11-20)19(13-16(22)23)12-15(21)18-9-8-17(2,3)4;/h14H,5-13H2,1-4H3,(H,18,21)(H,22,23);1H. The lowest BCUT2D eigenvalue weighted by molar-refractivity contribution is -0.139. The Kier molecular flexibility index (Phi) is 10.8. The number of sulfonamides is 1. The molecule has 1 aliphatic heterocycles. The summed E-state index contributed by atoms with van der Waals surface area (Å²) in [5.74, 6) is -1.12. The normalized spacial score (nSPS) is 16.8. The third-order valence-corrected chi connectivity index (χ3v) is 6.46. The highest BCUT2D eigenvalue weighted by Gasteiger charge is 2.31. The van der Waals surface area contributed by atoms with Crippen LogP contribution in [0, 0.1) is 5.41 Å². The maximum atomic E-state index is 12.2. The Balaban J connectivity index is 0.00000676. The summed E-state index contributed by atoms with van der Waals surface area (Å²) in [7, 11) is -3.22. The molecule has 0 unspecified atom stereocenters. The van der Waals surface area contributed by atoms with Gasteiger partial charge in [0.05, 0.1) is 18.8 Å². The minimum Gasteiger partial charge on any atom is -0.480 e. The van der Waals surface area contributed by atoms with E-state index in [-0.39, 0.29) is 48.6 Å². The molecule has 8 nitrogen and oxygen atoms in total. The molecule has 0 atom stereocenters. The second kappa shape index (κ2) is 11.2. The number of carbonyl (C=O) groups is 2. The number of carboxylic acids is 1. The van der Waals surface area contributed by atoms with Crippen LogP contribution in [0.5, 0.6) is 0 Å². The van der Waals surface area contributed by atoms with Crippen molar-refractivity contribution in [2.24, 2.45) is 5.41 Å². The van der Waals surface area contributed by atoms with Crippen molar-refractivity contribution in [3.8, 4) is 0 Å². The Bertz CT molecular complexity index is 584. The van der Waals surface area contributed by atoms with Gasteiger partial charge in [0, 0.05) is 25.7 Å². The Labute approximate surface area is 169 Å². The first kappa shape index (κ1) is 26.1. The molecule has 2 N–H and O–H groups in total. The number of hydrogen-bond acceptors (Lipinski definition) is 5. The average Bonchev–Trinajstić information content (AvgIpc) is 2.52. The van der Waals surface area contributed by atoms with E-state index in [2.05, 4.69) is 26.1 Å². The maximum Gasteiger partial charge on any atom is 0.317 e. The van der Waals surface area contributed by atoms with Crippen LogP contribution in [0.2, 0.25) is 0 Å². The van der Waals surface area contributed by atoms with Crippen molar-refractivity contribution in [2.75, 3.05) is 38.5 Å². The minimum absolute atomic E-state index is 0. The highest BCUT2D eigenvalue weighted by molar-refractivity contribution is 7.89. The number of carboxylic acid groups (broad SMARTS) is 1. The largest absolute Gasteiger partial charge is 0.480 e. The molecular weight excluding hydrogens is 394 g/mol. The summed E-state index contributed by atoms with van der Waals surface area (Å²) in [4.78, 5) is 25.0. The SMILES string of the molecule is CCS(=O)(=O)N1CCC(N(CC(=O)O)CC(=O)NCCC(C)(C)C)CC1.Cl. The van der Waals surface area contributed by atoms with Gasteiger partial charge < -0.3 is 10.4 Å². The molecule has 1 rings (SSSR count). The third-order valence-electron chi connectivity index (χ3n) is 4.58. The number of rotatable bonds is 9. The number of carbonyl (C=O) groups excluding carboxylic acids is 1. The van der Waals surface area contributed by atoms with E-state index < -0.39 is 16.0 Å². The number of hydrogen-bond donors (Lipinski definition) is 2. The van der Waals surface area contributed by atoms with E-state index in [9.17, 15) is 18.0 Å². The lowest BCUT2D eigenvalue weighted by Gasteiger charge is -2.37. The molecule has 0 aromatic heterocycles. The van der Waals surface area contributed by atoms with E-state index in [4.69, 9.17) is 5.11 Å². The van der Waals surface area contributed by atoms with Crippen molar-refractivity contribution in [1.29, 1.82) is 0 Å². The molecule has 0 bridgehead atoms. The first-order valence-corrected chi connectivity index (χ1v) is 10.8. The Morgan fingerprint density at radius 2 is 1.74 bits per heavy atom. The van der Waals surface area contributed by atoms with Crippen molar-refractivity contribution in [3.63, 3.8) is 0 Å². The molecule has 0 aliphatic carbocycles. The van der Waals surface area contributed by atoms with Gasteiger partial charge in [-0.2, -0.15) is 0 Å². The molecule has 27 heavy (non-hydrogen) atoms. The molecule has 1 saturated heterocycles. The van der Waals surface area contributed by atoms with Crippen LogP contribution < -0.4 is 5.32 Å². The molecule has 0 radical (unpaired) electrons. The van der Waals surface area contributed by atoms with Gasteiger partial charge in [-0.15, -0.1) is 12.4 Å². The molecule has 0 aromatic rings. The van der Waals surface area contributed by atoms with Crippen LogP contribution in [-0.2, 0) is 19.6 Å². The summed E-state index contributed by atoms with van der Waals surface area (Å²) < 4.78 is 25.3. The van der Waals surface area contributed by atoms with Crippen LogP contribution in [0.3, 0.4) is 0 Å². The highest BCUT2D eigenvalue weighted by atomic mass is 35.5. The zero-order valence-electron chi connectivity index (χ0n) is 16.7. The Morgan fingerprint density at radius 3 is 2.19 bits per heavy atom. The summed E-state index contributed by atoms with van der Waals surface area (Å²) >= 11 is 0. The average molecular weight is 428 g/mol. The van der Waals surface area contributed by atoms with Crippen molar-refractivity contribution < 1.29 is 23.1 Å². The molecule has 0 saturated carbocycles. The van der Waals surface area contributed by atoms with E-state index in [0.29, 0.717) is 32.5 Å². The number of halogens is 1. The summed E-state index contributed by atoms with van der Waals surface area (Å²) in [6, 6.07) is -0.109. The fourth-order valence-corrected chi connectivity index (χ4v) is 4.11. The van der Waals surface area contributed by atoms with Crippen LogP contribution >= 0.6 is 12.4 Å². The fourth-order valence-electron chi connectivity index (χ4n) is 2.97. The summed E-state index contributed by atoms with van der Waals surface area (Å²) in [5.41, 5.74) is 0.117. The third kappa shape index (κ3) is 9.73. The van der Waals surface area contributed by atoms with Crippen molar-refractivity contribution in [1.82, 2.24) is 14.5 Å². The monoisotopic (exact) mass is 427 g/mol. The number of nitrogens with zero attached hydrogens (tertiary/aromatic N) is 2. The van der Waals surface area contributed by atoms with Gasteiger partial charge in [-0.1, -0.05) is 20.8 Å². The Morgan fingerprint density at radius 1 is 1.19 bits per heavy atom. The quantitative estimate of drug-likeness (QED) is 0.571. The molecule has 1 heterocycles. The van der Waals surface area contributed by atoms with Crippen LogP contribution in [0.25, 0.3) is 0 Å². The maximum absolute atomic E-state index is 12.2. The fraction of sp³-hybridized carbons (Fsp3) is 0.882. The number of piperidine rings is 1. The smallest absolute Gasteiger partial charge is 0.317 e. The van der Waals surface area contributed by atoms with Crippen molar-refractivity contribution in [3.05, 3.63) is 0 Å². The van der Waals surface area contributed by atoms with Crippen LogP contribution in [0.4, 0.5) is 0 Å². The van der Waals surface area contributed by atoms with Crippen LogP contribution in [0.1, 0.15) is 47.0 Å². The van der Waals surface area contributed by atoms with Gasteiger partial charge in [0.1, 0.15) is 0 Å². The van der Waals surface area contributed by atoms with Gasteiger partial charge in [-0.3, -0.25) is 14.5 Å². The molecule has 1 aliphatic rings. The van der Waals surface area contributed by atoms with Crippen LogP contribution in [-0.4, -0.2) is 79.1 Å². The zero-order chi connectivity index (χ0) is 20.0.